The van der Waals surface area contributed by atoms with E-state index in [-0.39, 0.29) is 22.9 Å². The highest BCUT2D eigenvalue weighted by Gasteiger charge is 2.21. The topological polar surface area (TPSA) is 94.0 Å². The molecule has 7 nitrogen and oxygen atoms in total. The number of pyridine rings is 1. The average molecular weight is 424 g/mol. The molecule has 9 heteroatoms. The fourth-order valence-corrected chi connectivity index (χ4v) is 4.21. The van der Waals surface area contributed by atoms with E-state index in [1.807, 2.05) is 4.90 Å². The molecule has 5 rings (SSSR count). The molecule has 2 aromatic carbocycles. The van der Waals surface area contributed by atoms with Crippen LogP contribution in [0.3, 0.4) is 0 Å². The summed E-state index contributed by atoms with van der Waals surface area (Å²) in [6.45, 7) is 6.30. The maximum absolute atomic E-state index is 14.9. The Balaban J connectivity index is 1.59. The van der Waals surface area contributed by atoms with E-state index < -0.39 is 11.4 Å². The second-order valence-electron chi connectivity index (χ2n) is 7.76. The maximum atomic E-state index is 14.9. The number of piperazine rings is 1. The zero-order chi connectivity index (χ0) is 21.7. The molecule has 2 aromatic heterocycles. The van der Waals surface area contributed by atoms with Crippen LogP contribution >= 0.6 is 0 Å². The first-order valence-electron chi connectivity index (χ1n) is 10.2. The van der Waals surface area contributed by atoms with Gasteiger partial charge in [-0.1, -0.05) is 6.92 Å². The molecule has 0 unspecified atom stereocenters. The molecule has 0 aliphatic carbocycles. The van der Waals surface area contributed by atoms with Gasteiger partial charge in [-0.05, 0) is 30.8 Å². The number of anilines is 2. The predicted molar refractivity (Wildman–Crippen MR) is 118 cm³/mol. The summed E-state index contributed by atoms with van der Waals surface area (Å²) in [7, 11) is 0. The van der Waals surface area contributed by atoms with Gasteiger partial charge >= 0.3 is 0 Å². The molecule has 1 aliphatic rings. The van der Waals surface area contributed by atoms with Crippen molar-refractivity contribution in [2.45, 2.75) is 6.92 Å². The fraction of sp³-hybridized carbons (Fsp3) is 0.273. The van der Waals surface area contributed by atoms with Gasteiger partial charge in [-0.25, -0.2) is 13.8 Å². The Morgan fingerprint density at radius 2 is 1.84 bits per heavy atom. The second kappa shape index (κ2) is 7.35. The van der Waals surface area contributed by atoms with Crippen LogP contribution in [0.4, 0.5) is 20.2 Å². The number of hydrogen-bond donors (Lipinski definition) is 3. The third-order valence-corrected chi connectivity index (χ3v) is 5.96. The SMILES string of the molecule is CCN1CCN(c2cc3nc(-c4c(N)c5cc(F)ccc5[nH]c4=O)[nH]c3cc2F)CC1. The molecule has 4 aromatic rings. The zero-order valence-electron chi connectivity index (χ0n) is 17.0. The van der Waals surface area contributed by atoms with Crippen LogP contribution in [0.1, 0.15) is 6.92 Å². The minimum absolute atomic E-state index is 0.104. The van der Waals surface area contributed by atoms with Gasteiger partial charge in [-0.15, -0.1) is 0 Å². The smallest absolute Gasteiger partial charge is 0.261 e. The molecule has 1 fully saturated rings. The first kappa shape index (κ1) is 19.5. The summed E-state index contributed by atoms with van der Waals surface area (Å²) in [6.07, 6.45) is 0. The largest absolute Gasteiger partial charge is 0.397 e. The van der Waals surface area contributed by atoms with Crippen LogP contribution in [0, 0.1) is 11.6 Å². The third kappa shape index (κ3) is 3.31. The van der Waals surface area contributed by atoms with Gasteiger partial charge in [0.15, 0.2) is 0 Å². The van der Waals surface area contributed by atoms with E-state index in [1.165, 1.54) is 24.3 Å². The lowest BCUT2D eigenvalue weighted by molar-refractivity contribution is 0.270. The number of hydrogen-bond acceptors (Lipinski definition) is 5. The van der Waals surface area contributed by atoms with E-state index >= 15 is 0 Å². The first-order valence-corrected chi connectivity index (χ1v) is 10.2. The Hall–Kier alpha value is -3.46. The summed E-state index contributed by atoms with van der Waals surface area (Å²) < 4.78 is 28.6. The Morgan fingerprint density at radius 1 is 1.06 bits per heavy atom. The van der Waals surface area contributed by atoms with Crippen molar-refractivity contribution in [1.29, 1.82) is 0 Å². The molecular weight excluding hydrogens is 402 g/mol. The number of halogens is 2. The number of imidazole rings is 1. The minimum Gasteiger partial charge on any atom is -0.397 e. The van der Waals surface area contributed by atoms with E-state index in [2.05, 4.69) is 26.8 Å². The Labute approximate surface area is 176 Å². The van der Waals surface area contributed by atoms with Gasteiger partial charge in [-0.3, -0.25) is 4.79 Å². The van der Waals surface area contributed by atoms with Crippen LogP contribution in [0.5, 0.6) is 0 Å². The number of benzene rings is 2. The number of likely N-dealkylation sites (N-methyl/N-ethyl adjacent to an activating group) is 1. The van der Waals surface area contributed by atoms with Gasteiger partial charge in [0.25, 0.3) is 5.56 Å². The summed E-state index contributed by atoms with van der Waals surface area (Å²) in [4.78, 5) is 27.2. The van der Waals surface area contributed by atoms with Crippen molar-refractivity contribution in [3.05, 3.63) is 52.3 Å². The summed E-state index contributed by atoms with van der Waals surface area (Å²) in [5, 5.41) is 0.385. The van der Waals surface area contributed by atoms with Gasteiger partial charge in [0.1, 0.15) is 23.0 Å². The number of nitrogens with two attached hydrogens (primary N) is 1. The fourth-order valence-electron chi connectivity index (χ4n) is 4.21. The Kier molecular flexibility index (Phi) is 4.62. The van der Waals surface area contributed by atoms with Gasteiger partial charge in [-0.2, -0.15) is 0 Å². The van der Waals surface area contributed by atoms with Crippen molar-refractivity contribution in [2.75, 3.05) is 43.4 Å². The van der Waals surface area contributed by atoms with E-state index in [0.29, 0.717) is 27.6 Å². The van der Waals surface area contributed by atoms with E-state index in [1.54, 1.807) is 6.07 Å². The number of nitrogens with one attached hydrogen (secondary N) is 2. The molecule has 3 heterocycles. The Bertz CT molecular complexity index is 1350. The van der Waals surface area contributed by atoms with Gasteiger partial charge in [0, 0.05) is 37.6 Å². The lowest BCUT2D eigenvalue weighted by atomic mass is 10.1. The van der Waals surface area contributed by atoms with E-state index in [0.717, 1.165) is 32.7 Å². The van der Waals surface area contributed by atoms with Crippen molar-refractivity contribution >= 4 is 33.3 Å². The van der Waals surface area contributed by atoms with Crippen LogP contribution in [0.15, 0.2) is 35.1 Å². The number of nitrogens with zero attached hydrogens (tertiary/aromatic N) is 3. The monoisotopic (exact) mass is 424 g/mol. The minimum atomic E-state index is -0.461. The number of nitrogen functional groups attached to an aromatic ring is 1. The molecule has 0 bridgehead atoms. The number of aromatic nitrogens is 3. The van der Waals surface area contributed by atoms with Crippen molar-refractivity contribution in [3.8, 4) is 11.4 Å². The highest BCUT2D eigenvalue weighted by atomic mass is 19.1. The predicted octanol–water partition coefficient (Wildman–Crippen LogP) is 3.07. The first-order chi connectivity index (χ1) is 14.9. The van der Waals surface area contributed by atoms with Crippen LogP contribution < -0.4 is 16.2 Å². The number of fused-ring (bicyclic) bond motifs is 2. The third-order valence-electron chi connectivity index (χ3n) is 5.96. The van der Waals surface area contributed by atoms with Crippen LogP contribution in [-0.2, 0) is 0 Å². The average Bonchev–Trinajstić information content (AvgIpc) is 3.16. The summed E-state index contributed by atoms with van der Waals surface area (Å²) >= 11 is 0. The zero-order valence-corrected chi connectivity index (χ0v) is 17.0. The molecule has 0 atom stereocenters. The lowest BCUT2D eigenvalue weighted by Gasteiger charge is -2.35. The maximum Gasteiger partial charge on any atom is 0.261 e. The number of H-pyrrole nitrogens is 2. The van der Waals surface area contributed by atoms with Gasteiger partial charge < -0.3 is 25.5 Å². The molecule has 0 spiro atoms. The molecule has 0 saturated carbocycles. The Morgan fingerprint density at radius 3 is 2.58 bits per heavy atom. The summed E-state index contributed by atoms with van der Waals surface area (Å²) in [5.41, 5.74) is 7.90. The highest BCUT2D eigenvalue weighted by Crippen LogP contribution is 2.31. The highest BCUT2D eigenvalue weighted by molar-refractivity contribution is 5.98. The number of aromatic amines is 2. The van der Waals surface area contributed by atoms with Crippen LogP contribution in [0.2, 0.25) is 0 Å². The van der Waals surface area contributed by atoms with Crippen LogP contribution in [-0.4, -0.2) is 52.6 Å². The molecule has 4 N–H and O–H groups in total. The number of rotatable bonds is 3. The standard InChI is InChI=1S/C22H22F2N6O/c1-2-29-5-7-30(8-6-29)18-11-17-16(10-14(18)24)26-21(27-17)19-20(25)13-9-12(23)3-4-15(13)28-22(19)31/h3-4,9-11H,2,5-8H2,1H3,(H,26,27)(H3,25,28,31). The normalized spacial score (nSPS) is 15.3. The molecular formula is C22H22F2N6O. The van der Waals surface area contributed by atoms with Crippen LogP contribution in [0.25, 0.3) is 33.3 Å². The molecule has 160 valence electrons. The summed E-state index contributed by atoms with van der Waals surface area (Å²) in [6, 6.07) is 7.06. The van der Waals surface area contributed by atoms with Crippen molar-refractivity contribution < 1.29 is 8.78 Å². The molecule has 31 heavy (non-hydrogen) atoms. The van der Waals surface area contributed by atoms with E-state index in [4.69, 9.17) is 5.73 Å². The second-order valence-corrected chi connectivity index (χ2v) is 7.76. The molecule has 1 aliphatic heterocycles. The lowest BCUT2D eigenvalue weighted by Crippen LogP contribution is -2.46. The van der Waals surface area contributed by atoms with Crippen molar-refractivity contribution in [3.63, 3.8) is 0 Å². The van der Waals surface area contributed by atoms with Gasteiger partial charge in [0.2, 0.25) is 0 Å². The molecule has 0 radical (unpaired) electrons. The van der Waals surface area contributed by atoms with Crippen molar-refractivity contribution in [1.82, 2.24) is 19.9 Å². The van der Waals surface area contributed by atoms with Crippen molar-refractivity contribution in [2.24, 2.45) is 0 Å². The molecule has 1 saturated heterocycles. The van der Waals surface area contributed by atoms with E-state index in [9.17, 15) is 13.6 Å². The molecule has 0 amide bonds. The summed E-state index contributed by atoms with van der Waals surface area (Å²) in [5.74, 6) is -0.598. The van der Waals surface area contributed by atoms with Gasteiger partial charge in [0.05, 0.1) is 27.9 Å². The quantitative estimate of drug-likeness (QED) is 0.470.